The zero-order chi connectivity index (χ0) is 22.2. The number of likely N-dealkylation sites (tertiary alicyclic amines) is 1. The minimum absolute atomic E-state index is 0.232. The number of piperidine rings is 1. The average Bonchev–Trinajstić information content (AvgIpc) is 3.27. The van der Waals surface area contributed by atoms with Gasteiger partial charge >= 0.3 is 0 Å². The molecule has 2 aliphatic heterocycles. The number of hydrogen-bond donors (Lipinski definition) is 1. The van der Waals surface area contributed by atoms with E-state index in [4.69, 9.17) is 4.99 Å². The molecule has 2 aromatic carbocycles. The molecule has 5 heteroatoms. The van der Waals surface area contributed by atoms with Crippen molar-refractivity contribution in [1.29, 1.82) is 0 Å². The van der Waals surface area contributed by atoms with Crippen LogP contribution >= 0.6 is 0 Å². The first-order chi connectivity index (χ1) is 15.7. The molecule has 1 amide bonds. The second-order valence-corrected chi connectivity index (χ2v) is 8.56. The van der Waals surface area contributed by atoms with Gasteiger partial charge in [-0.1, -0.05) is 66.2 Å². The lowest BCUT2D eigenvalue weighted by molar-refractivity contribution is -0.131. The third-order valence-electron chi connectivity index (χ3n) is 6.21. The lowest BCUT2D eigenvalue weighted by Gasteiger charge is -2.31. The summed E-state index contributed by atoms with van der Waals surface area (Å²) in [5.74, 6) is 1.21. The van der Waals surface area contributed by atoms with Crippen molar-refractivity contribution in [3.05, 3.63) is 76.9 Å². The second kappa shape index (κ2) is 11.0. The number of carbonyl (C=O) groups excluding carboxylic acids is 1. The van der Waals surface area contributed by atoms with E-state index in [0.29, 0.717) is 13.0 Å². The number of benzene rings is 2. The van der Waals surface area contributed by atoms with E-state index in [2.05, 4.69) is 65.7 Å². The van der Waals surface area contributed by atoms with Gasteiger partial charge in [0.25, 0.3) is 0 Å². The van der Waals surface area contributed by atoms with E-state index < -0.39 is 0 Å². The molecule has 0 aromatic heterocycles. The van der Waals surface area contributed by atoms with Crippen LogP contribution in [0.4, 0.5) is 0 Å². The van der Waals surface area contributed by atoms with Crippen LogP contribution in [0.3, 0.4) is 0 Å². The zero-order valence-electron chi connectivity index (χ0n) is 19.1. The van der Waals surface area contributed by atoms with Crippen LogP contribution in [0.5, 0.6) is 0 Å². The maximum atomic E-state index is 12.6. The zero-order valence-corrected chi connectivity index (χ0v) is 19.1. The molecule has 1 fully saturated rings. The molecule has 0 radical (unpaired) electrons. The van der Waals surface area contributed by atoms with Gasteiger partial charge in [-0.2, -0.15) is 0 Å². The summed E-state index contributed by atoms with van der Waals surface area (Å²) < 4.78 is 0. The van der Waals surface area contributed by atoms with Gasteiger partial charge in [0.1, 0.15) is 0 Å². The number of amides is 1. The number of guanidine groups is 1. The molecule has 0 aliphatic carbocycles. The van der Waals surface area contributed by atoms with Gasteiger partial charge in [0.05, 0.1) is 0 Å². The number of nitrogens with zero attached hydrogens (tertiary/aromatic N) is 3. The highest BCUT2D eigenvalue weighted by Crippen LogP contribution is 2.23. The summed E-state index contributed by atoms with van der Waals surface area (Å²) in [6, 6.07) is 18.9. The Balaban J connectivity index is 1.24. The standard InChI is InChI=1S/C27H34N4O/c1-2-28-27(30-17-14-23(15-18-30)19-22-9-4-3-5-10-22)29-16-8-13-26(32)31-20-24-11-6-7-12-25(24)21-31/h3-7,9-12,19H,2,8,13-18,20-21H2,1H3,(H,28,29). The molecule has 1 saturated heterocycles. The summed E-state index contributed by atoms with van der Waals surface area (Å²) in [6.45, 7) is 7.09. The van der Waals surface area contributed by atoms with Gasteiger partial charge in [0.2, 0.25) is 5.91 Å². The molecule has 168 valence electrons. The molecule has 0 bridgehead atoms. The van der Waals surface area contributed by atoms with Crippen molar-refractivity contribution in [3.63, 3.8) is 0 Å². The van der Waals surface area contributed by atoms with Crippen molar-refractivity contribution in [1.82, 2.24) is 15.1 Å². The summed E-state index contributed by atoms with van der Waals surface area (Å²) in [7, 11) is 0. The van der Waals surface area contributed by atoms with Crippen LogP contribution in [0.25, 0.3) is 6.08 Å². The highest BCUT2D eigenvalue weighted by atomic mass is 16.2. The van der Waals surface area contributed by atoms with Crippen LogP contribution in [0.15, 0.2) is 65.2 Å². The van der Waals surface area contributed by atoms with Crippen molar-refractivity contribution in [2.45, 2.75) is 45.7 Å². The lowest BCUT2D eigenvalue weighted by Crippen LogP contribution is -2.44. The van der Waals surface area contributed by atoms with Crippen molar-refractivity contribution in [2.75, 3.05) is 26.2 Å². The summed E-state index contributed by atoms with van der Waals surface area (Å²) in [6.07, 6.45) is 5.79. The number of hydrogen-bond acceptors (Lipinski definition) is 2. The molecular formula is C27H34N4O. The van der Waals surface area contributed by atoms with Crippen molar-refractivity contribution in [3.8, 4) is 0 Å². The monoisotopic (exact) mass is 430 g/mol. The number of nitrogens with one attached hydrogen (secondary N) is 1. The highest BCUT2D eigenvalue weighted by molar-refractivity contribution is 5.80. The Morgan fingerprint density at radius 3 is 2.28 bits per heavy atom. The molecule has 0 saturated carbocycles. The molecule has 0 unspecified atom stereocenters. The predicted molar refractivity (Wildman–Crippen MR) is 131 cm³/mol. The Bertz CT molecular complexity index is 932. The quantitative estimate of drug-likeness (QED) is 0.418. The first-order valence-corrected chi connectivity index (χ1v) is 11.8. The SMILES string of the molecule is CCNC(=NCCCC(=O)N1Cc2ccccc2C1)N1CCC(=Cc2ccccc2)CC1. The van der Waals surface area contributed by atoms with Crippen LogP contribution in [0.1, 0.15) is 49.3 Å². The van der Waals surface area contributed by atoms with Crippen LogP contribution in [-0.2, 0) is 17.9 Å². The van der Waals surface area contributed by atoms with E-state index in [1.54, 1.807) is 0 Å². The third-order valence-corrected chi connectivity index (χ3v) is 6.21. The topological polar surface area (TPSA) is 47.9 Å². The molecule has 5 nitrogen and oxygen atoms in total. The van der Waals surface area contributed by atoms with E-state index in [0.717, 1.165) is 57.9 Å². The molecular weight excluding hydrogens is 396 g/mol. The van der Waals surface area contributed by atoms with Crippen molar-refractivity contribution < 1.29 is 4.79 Å². The average molecular weight is 431 g/mol. The maximum Gasteiger partial charge on any atom is 0.223 e. The van der Waals surface area contributed by atoms with Crippen LogP contribution in [0.2, 0.25) is 0 Å². The summed E-state index contributed by atoms with van der Waals surface area (Å²) in [5.41, 5.74) is 5.33. The van der Waals surface area contributed by atoms with Gasteiger partial charge in [-0.25, -0.2) is 0 Å². The van der Waals surface area contributed by atoms with Crippen molar-refractivity contribution in [2.24, 2.45) is 4.99 Å². The van der Waals surface area contributed by atoms with Gasteiger partial charge in [-0.15, -0.1) is 0 Å². The summed E-state index contributed by atoms with van der Waals surface area (Å²) >= 11 is 0. The van der Waals surface area contributed by atoms with Crippen LogP contribution < -0.4 is 5.32 Å². The fourth-order valence-corrected chi connectivity index (χ4v) is 4.44. The molecule has 1 N–H and O–H groups in total. The summed E-state index contributed by atoms with van der Waals surface area (Å²) in [5, 5.41) is 3.43. The van der Waals surface area contributed by atoms with E-state index in [-0.39, 0.29) is 5.91 Å². The lowest BCUT2D eigenvalue weighted by atomic mass is 10.0. The Hall–Kier alpha value is -3.08. The number of carbonyl (C=O) groups is 1. The normalized spacial score (nSPS) is 16.2. The molecule has 2 aromatic rings. The Morgan fingerprint density at radius 2 is 1.62 bits per heavy atom. The fourth-order valence-electron chi connectivity index (χ4n) is 4.44. The molecule has 4 rings (SSSR count). The highest BCUT2D eigenvalue weighted by Gasteiger charge is 2.22. The van der Waals surface area contributed by atoms with Gasteiger partial charge in [0, 0.05) is 45.7 Å². The molecule has 0 spiro atoms. The minimum atomic E-state index is 0.232. The smallest absolute Gasteiger partial charge is 0.223 e. The predicted octanol–water partition coefficient (Wildman–Crippen LogP) is 4.45. The van der Waals surface area contributed by atoms with Gasteiger partial charge in [0.15, 0.2) is 5.96 Å². The fraction of sp³-hybridized carbons (Fsp3) is 0.407. The number of aliphatic imine (C=N–C) groups is 1. The van der Waals surface area contributed by atoms with Crippen LogP contribution in [0, 0.1) is 0 Å². The number of rotatable bonds is 6. The largest absolute Gasteiger partial charge is 0.357 e. The first kappa shape index (κ1) is 22.1. The third kappa shape index (κ3) is 5.78. The summed E-state index contributed by atoms with van der Waals surface area (Å²) in [4.78, 5) is 21.8. The Kier molecular flexibility index (Phi) is 7.59. The molecule has 0 atom stereocenters. The van der Waals surface area contributed by atoms with Crippen molar-refractivity contribution >= 4 is 17.9 Å². The van der Waals surface area contributed by atoms with E-state index in [1.807, 2.05) is 17.0 Å². The van der Waals surface area contributed by atoms with Gasteiger partial charge in [-0.05, 0) is 42.9 Å². The van der Waals surface area contributed by atoms with Gasteiger partial charge in [-0.3, -0.25) is 9.79 Å². The minimum Gasteiger partial charge on any atom is -0.357 e. The first-order valence-electron chi connectivity index (χ1n) is 11.8. The Morgan fingerprint density at radius 1 is 0.969 bits per heavy atom. The van der Waals surface area contributed by atoms with Gasteiger partial charge < -0.3 is 15.1 Å². The van der Waals surface area contributed by atoms with E-state index in [9.17, 15) is 4.79 Å². The maximum absolute atomic E-state index is 12.6. The number of fused-ring (bicyclic) bond motifs is 1. The molecule has 2 aliphatic rings. The van der Waals surface area contributed by atoms with E-state index in [1.165, 1.54) is 22.3 Å². The van der Waals surface area contributed by atoms with E-state index >= 15 is 0 Å². The molecule has 2 heterocycles. The second-order valence-electron chi connectivity index (χ2n) is 8.56. The molecule has 32 heavy (non-hydrogen) atoms. The van der Waals surface area contributed by atoms with Crippen LogP contribution in [-0.4, -0.2) is 47.8 Å². The Labute approximate surface area is 191 Å².